The lowest BCUT2D eigenvalue weighted by Gasteiger charge is -2.27. The summed E-state index contributed by atoms with van der Waals surface area (Å²) in [6.07, 6.45) is 0.915. The lowest BCUT2D eigenvalue weighted by atomic mass is 10.0. The highest BCUT2D eigenvalue weighted by Gasteiger charge is 2.23. The number of rotatable bonds is 5. The van der Waals surface area contributed by atoms with Gasteiger partial charge >= 0.3 is 6.03 Å². The zero-order valence-corrected chi connectivity index (χ0v) is 12.2. The van der Waals surface area contributed by atoms with Crippen LogP contribution in [0.1, 0.15) is 5.56 Å². The largest absolute Gasteiger partial charge is 0.493 e. The molecule has 0 bridgehead atoms. The van der Waals surface area contributed by atoms with Crippen molar-refractivity contribution in [3.8, 4) is 11.5 Å². The van der Waals surface area contributed by atoms with Crippen LogP contribution in [-0.2, 0) is 6.42 Å². The van der Waals surface area contributed by atoms with Crippen molar-refractivity contribution in [2.24, 2.45) is 0 Å². The van der Waals surface area contributed by atoms with Gasteiger partial charge in [0.2, 0.25) is 0 Å². The van der Waals surface area contributed by atoms with Crippen LogP contribution in [-0.4, -0.2) is 56.9 Å². The fraction of sp³-hybridized carbons (Fsp3) is 0.533. The Morgan fingerprint density at radius 3 is 3.19 bits per heavy atom. The van der Waals surface area contributed by atoms with E-state index >= 15 is 0 Å². The highest BCUT2D eigenvalue weighted by Crippen LogP contribution is 2.34. The molecule has 1 aromatic carbocycles. The SMILES string of the molecule is COc1cccc2c1OC[C@H](NCCN1CCNC1=O)C2. The Morgan fingerprint density at radius 1 is 1.52 bits per heavy atom. The summed E-state index contributed by atoms with van der Waals surface area (Å²) in [5.41, 5.74) is 1.16. The summed E-state index contributed by atoms with van der Waals surface area (Å²) < 4.78 is 11.1. The fourth-order valence-electron chi connectivity index (χ4n) is 2.81. The van der Waals surface area contributed by atoms with E-state index in [9.17, 15) is 4.79 Å². The van der Waals surface area contributed by atoms with Gasteiger partial charge in [0.25, 0.3) is 0 Å². The molecule has 1 fully saturated rings. The van der Waals surface area contributed by atoms with Crippen LogP contribution >= 0.6 is 0 Å². The molecule has 0 aromatic heterocycles. The third-order valence-electron chi connectivity index (χ3n) is 3.94. The first-order valence-corrected chi connectivity index (χ1v) is 7.33. The number of ether oxygens (including phenoxy) is 2. The maximum absolute atomic E-state index is 11.4. The molecule has 0 aliphatic carbocycles. The molecule has 2 N–H and O–H groups in total. The van der Waals surface area contributed by atoms with Crippen molar-refractivity contribution >= 4 is 6.03 Å². The highest BCUT2D eigenvalue weighted by atomic mass is 16.5. The Labute approximate surface area is 124 Å². The zero-order valence-electron chi connectivity index (χ0n) is 12.2. The molecule has 0 radical (unpaired) electrons. The molecule has 0 saturated carbocycles. The summed E-state index contributed by atoms with van der Waals surface area (Å²) >= 11 is 0. The minimum Gasteiger partial charge on any atom is -0.493 e. The number of nitrogens with zero attached hydrogens (tertiary/aromatic N) is 1. The normalized spacial score (nSPS) is 20.7. The van der Waals surface area contributed by atoms with Crippen LogP contribution in [0.5, 0.6) is 11.5 Å². The molecule has 2 amide bonds. The second-order valence-corrected chi connectivity index (χ2v) is 5.33. The van der Waals surface area contributed by atoms with E-state index in [1.165, 1.54) is 0 Å². The molecule has 21 heavy (non-hydrogen) atoms. The number of fused-ring (bicyclic) bond motifs is 1. The summed E-state index contributed by atoms with van der Waals surface area (Å²) in [6, 6.07) is 6.28. The Balaban J connectivity index is 1.51. The van der Waals surface area contributed by atoms with Gasteiger partial charge in [-0.15, -0.1) is 0 Å². The molecular weight excluding hydrogens is 270 g/mol. The molecular formula is C15H21N3O3. The van der Waals surface area contributed by atoms with E-state index in [0.717, 1.165) is 49.7 Å². The molecule has 6 nitrogen and oxygen atoms in total. The minimum atomic E-state index is 0.0341. The molecule has 0 spiro atoms. The predicted octanol–water partition coefficient (Wildman–Crippen LogP) is 0.613. The standard InChI is InChI=1S/C15H21N3O3/c1-20-13-4-2-3-11-9-12(10-21-14(11)13)16-5-7-18-8-6-17-15(18)19/h2-4,12,16H,5-10H2,1H3,(H,17,19)/t12-/m1/s1. The Hall–Kier alpha value is -1.95. The van der Waals surface area contributed by atoms with Gasteiger partial charge in [-0.1, -0.05) is 12.1 Å². The van der Waals surface area contributed by atoms with E-state index in [-0.39, 0.29) is 12.1 Å². The molecule has 1 atom stereocenters. The lowest BCUT2D eigenvalue weighted by Crippen LogP contribution is -2.43. The summed E-state index contributed by atoms with van der Waals surface area (Å²) in [6.45, 7) is 3.67. The topological polar surface area (TPSA) is 62.8 Å². The minimum absolute atomic E-state index is 0.0341. The average molecular weight is 291 g/mol. The Morgan fingerprint density at radius 2 is 2.43 bits per heavy atom. The molecule has 1 aromatic rings. The van der Waals surface area contributed by atoms with Crippen molar-refractivity contribution in [3.63, 3.8) is 0 Å². The average Bonchev–Trinajstić information content (AvgIpc) is 2.92. The number of nitrogens with one attached hydrogen (secondary N) is 2. The molecule has 2 heterocycles. The lowest BCUT2D eigenvalue weighted by molar-refractivity contribution is 0.209. The number of methoxy groups -OCH3 is 1. The van der Waals surface area contributed by atoms with Crippen molar-refractivity contribution in [3.05, 3.63) is 23.8 Å². The van der Waals surface area contributed by atoms with Gasteiger partial charge in [-0.2, -0.15) is 0 Å². The first kappa shape index (κ1) is 14.0. The molecule has 1 saturated heterocycles. The van der Waals surface area contributed by atoms with E-state index in [0.29, 0.717) is 6.61 Å². The number of hydrogen-bond donors (Lipinski definition) is 2. The zero-order chi connectivity index (χ0) is 14.7. The number of carbonyl (C=O) groups excluding carboxylic acids is 1. The van der Waals surface area contributed by atoms with Gasteiger partial charge in [0.15, 0.2) is 11.5 Å². The van der Waals surface area contributed by atoms with Gasteiger partial charge in [-0.3, -0.25) is 0 Å². The quantitative estimate of drug-likeness (QED) is 0.834. The van der Waals surface area contributed by atoms with Crippen LogP contribution in [0.2, 0.25) is 0 Å². The number of urea groups is 1. The predicted molar refractivity (Wildman–Crippen MR) is 79.0 cm³/mol. The smallest absolute Gasteiger partial charge is 0.317 e. The summed E-state index contributed by atoms with van der Waals surface area (Å²) in [4.78, 5) is 13.3. The van der Waals surface area contributed by atoms with Crippen LogP contribution < -0.4 is 20.1 Å². The Kier molecular flexibility index (Phi) is 4.15. The van der Waals surface area contributed by atoms with Crippen LogP contribution in [0.15, 0.2) is 18.2 Å². The Bertz CT molecular complexity index is 521. The highest BCUT2D eigenvalue weighted by molar-refractivity contribution is 5.76. The molecule has 0 unspecified atom stereocenters. The van der Waals surface area contributed by atoms with Gasteiger partial charge in [0, 0.05) is 32.2 Å². The van der Waals surface area contributed by atoms with Gasteiger partial charge in [0.05, 0.1) is 7.11 Å². The monoisotopic (exact) mass is 291 g/mol. The maximum atomic E-state index is 11.4. The van der Waals surface area contributed by atoms with Crippen molar-refractivity contribution in [1.82, 2.24) is 15.5 Å². The first-order valence-electron chi connectivity index (χ1n) is 7.33. The third-order valence-corrected chi connectivity index (χ3v) is 3.94. The van der Waals surface area contributed by atoms with E-state index in [1.807, 2.05) is 17.0 Å². The number of amides is 2. The van der Waals surface area contributed by atoms with Crippen LogP contribution in [0.4, 0.5) is 4.79 Å². The first-order chi connectivity index (χ1) is 10.3. The summed E-state index contributed by atoms with van der Waals surface area (Å²) in [5.74, 6) is 1.65. The summed E-state index contributed by atoms with van der Waals surface area (Å²) in [7, 11) is 1.66. The number of carbonyl (C=O) groups is 1. The summed E-state index contributed by atoms with van der Waals surface area (Å²) in [5, 5.41) is 6.26. The number of hydrogen-bond acceptors (Lipinski definition) is 4. The maximum Gasteiger partial charge on any atom is 0.317 e. The van der Waals surface area contributed by atoms with E-state index in [2.05, 4.69) is 16.7 Å². The third kappa shape index (κ3) is 3.05. The van der Waals surface area contributed by atoms with E-state index in [1.54, 1.807) is 7.11 Å². The molecule has 6 heteroatoms. The van der Waals surface area contributed by atoms with Gasteiger partial charge in [-0.25, -0.2) is 4.79 Å². The van der Waals surface area contributed by atoms with Gasteiger partial charge in [0.1, 0.15) is 6.61 Å². The van der Waals surface area contributed by atoms with E-state index in [4.69, 9.17) is 9.47 Å². The number of para-hydroxylation sites is 1. The van der Waals surface area contributed by atoms with Crippen molar-refractivity contribution in [2.45, 2.75) is 12.5 Å². The second-order valence-electron chi connectivity index (χ2n) is 5.33. The van der Waals surface area contributed by atoms with Crippen LogP contribution in [0.3, 0.4) is 0 Å². The van der Waals surface area contributed by atoms with Gasteiger partial charge < -0.3 is 25.0 Å². The second kappa shape index (κ2) is 6.22. The van der Waals surface area contributed by atoms with Crippen LogP contribution in [0.25, 0.3) is 0 Å². The number of benzene rings is 1. The molecule has 114 valence electrons. The fourth-order valence-corrected chi connectivity index (χ4v) is 2.81. The van der Waals surface area contributed by atoms with Gasteiger partial charge in [-0.05, 0) is 18.1 Å². The molecule has 3 rings (SSSR count). The molecule has 2 aliphatic heterocycles. The van der Waals surface area contributed by atoms with Crippen LogP contribution in [0, 0.1) is 0 Å². The van der Waals surface area contributed by atoms with Crippen molar-refractivity contribution in [2.75, 3.05) is 39.9 Å². The molecule has 2 aliphatic rings. The van der Waals surface area contributed by atoms with E-state index < -0.39 is 0 Å². The van der Waals surface area contributed by atoms with Crippen molar-refractivity contribution in [1.29, 1.82) is 0 Å². The van der Waals surface area contributed by atoms with Crippen molar-refractivity contribution < 1.29 is 14.3 Å².